The van der Waals surface area contributed by atoms with Crippen LogP contribution in [-0.2, 0) is 14.6 Å². The largest absolute Gasteiger partial charge is 0.508 e. The lowest BCUT2D eigenvalue weighted by molar-refractivity contribution is 0.474. The third-order valence-electron chi connectivity index (χ3n) is 2.50. The molecule has 0 aromatic heterocycles. The van der Waals surface area contributed by atoms with Crippen LogP contribution in [-0.4, -0.2) is 31.8 Å². The van der Waals surface area contributed by atoms with Crippen molar-refractivity contribution in [3.63, 3.8) is 0 Å². The van der Waals surface area contributed by atoms with E-state index in [4.69, 9.17) is 10.2 Å². The van der Waals surface area contributed by atoms with Gasteiger partial charge in [-0.15, -0.1) is 0 Å². The minimum absolute atomic E-state index is 0.00894. The lowest BCUT2D eigenvalue weighted by Crippen LogP contribution is -2.01. The van der Waals surface area contributed by atoms with Crippen molar-refractivity contribution in [3.05, 3.63) is 48.5 Å². The zero-order valence-electron chi connectivity index (χ0n) is 10.6. The molecule has 6 heteroatoms. The minimum Gasteiger partial charge on any atom is -0.508 e. The number of phenolic OH excluding ortho intramolecular Hbond substituents is 2. The fraction of sp³-hybridized carbons (Fsp3) is 0.143. The van der Waals surface area contributed by atoms with E-state index in [2.05, 4.69) is 4.74 Å². The number of rotatable bonds is 2. The van der Waals surface area contributed by atoms with Gasteiger partial charge in [-0.25, -0.2) is 8.42 Å². The number of benzene rings is 2. The summed E-state index contributed by atoms with van der Waals surface area (Å²) in [7, 11) is -3.59. The maximum absolute atomic E-state index is 12.1. The van der Waals surface area contributed by atoms with E-state index in [0.717, 1.165) is 13.2 Å². The van der Waals surface area contributed by atoms with E-state index in [0.29, 0.717) is 0 Å². The average molecular weight is 294 g/mol. The highest BCUT2D eigenvalue weighted by Crippen LogP contribution is 2.23. The molecule has 0 radical (unpaired) electrons. The third-order valence-corrected chi connectivity index (χ3v) is 4.28. The van der Waals surface area contributed by atoms with Crippen LogP contribution in [0.3, 0.4) is 0 Å². The lowest BCUT2D eigenvalue weighted by Gasteiger charge is -2.04. The van der Waals surface area contributed by atoms with Crippen LogP contribution >= 0.6 is 0 Å². The van der Waals surface area contributed by atoms with Crippen LogP contribution in [0.5, 0.6) is 11.5 Å². The third kappa shape index (κ3) is 3.72. The van der Waals surface area contributed by atoms with Crippen molar-refractivity contribution in [1.82, 2.24) is 0 Å². The first-order valence-electron chi connectivity index (χ1n) is 5.91. The molecule has 0 atom stereocenters. The van der Waals surface area contributed by atoms with Gasteiger partial charge in [0.1, 0.15) is 11.5 Å². The molecule has 0 amide bonds. The molecule has 0 unspecified atom stereocenters. The van der Waals surface area contributed by atoms with Gasteiger partial charge in [0.25, 0.3) is 0 Å². The normalized spacial score (nSPS) is 13.2. The Hall–Kier alpha value is -2.05. The van der Waals surface area contributed by atoms with Gasteiger partial charge >= 0.3 is 0 Å². The van der Waals surface area contributed by atoms with E-state index < -0.39 is 9.84 Å². The van der Waals surface area contributed by atoms with Gasteiger partial charge < -0.3 is 14.9 Å². The van der Waals surface area contributed by atoms with Gasteiger partial charge in [-0.2, -0.15) is 0 Å². The highest BCUT2D eigenvalue weighted by Gasteiger charge is 2.17. The summed E-state index contributed by atoms with van der Waals surface area (Å²) in [5.41, 5.74) is 0. The molecule has 1 aliphatic rings. The highest BCUT2D eigenvalue weighted by atomic mass is 32.2. The van der Waals surface area contributed by atoms with Crippen LogP contribution in [0.4, 0.5) is 0 Å². The van der Waals surface area contributed by atoms with E-state index in [-0.39, 0.29) is 21.3 Å². The van der Waals surface area contributed by atoms with E-state index in [1.54, 1.807) is 0 Å². The van der Waals surface area contributed by atoms with Gasteiger partial charge in [0, 0.05) is 0 Å². The van der Waals surface area contributed by atoms with Crippen molar-refractivity contribution in [2.24, 2.45) is 0 Å². The summed E-state index contributed by atoms with van der Waals surface area (Å²) < 4.78 is 28.7. The Morgan fingerprint density at radius 3 is 1.30 bits per heavy atom. The summed E-state index contributed by atoms with van der Waals surface area (Å²) >= 11 is 0. The molecular formula is C14H14O5S. The van der Waals surface area contributed by atoms with Gasteiger partial charge in [-0.1, -0.05) is 0 Å². The molecule has 2 aromatic rings. The van der Waals surface area contributed by atoms with Gasteiger partial charge in [0.2, 0.25) is 9.84 Å². The summed E-state index contributed by atoms with van der Waals surface area (Å²) in [4.78, 5) is 0.196. The number of sulfone groups is 1. The topological polar surface area (TPSA) is 87.1 Å². The number of epoxide rings is 1. The summed E-state index contributed by atoms with van der Waals surface area (Å²) in [6.07, 6.45) is 0. The van der Waals surface area contributed by atoms with Crippen molar-refractivity contribution in [3.8, 4) is 11.5 Å². The van der Waals surface area contributed by atoms with Crippen LogP contribution in [0.1, 0.15) is 0 Å². The zero-order valence-corrected chi connectivity index (χ0v) is 11.4. The Bertz CT molecular complexity index is 603. The van der Waals surface area contributed by atoms with Crippen molar-refractivity contribution in [2.45, 2.75) is 9.79 Å². The molecule has 0 spiro atoms. The van der Waals surface area contributed by atoms with Crippen LogP contribution in [0.25, 0.3) is 0 Å². The summed E-state index contributed by atoms with van der Waals surface area (Å²) in [6.45, 7) is 2.00. The molecule has 106 valence electrons. The minimum atomic E-state index is -3.59. The fourth-order valence-corrected chi connectivity index (χ4v) is 2.65. The predicted molar refractivity (Wildman–Crippen MR) is 72.5 cm³/mol. The van der Waals surface area contributed by atoms with Crippen molar-refractivity contribution < 1.29 is 23.4 Å². The molecule has 0 saturated carbocycles. The monoisotopic (exact) mass is 294 g/mol. The summed E-state index contributed by atoms with van der Waals surface area (Å²) in [5, 5.41) is 18.2. The van der Waals surface area contributed by atoms with Crippen LogP contribution in [0.15, 0.2) is 58.3 Å². The first kappa shape index (κ1) is 14.4. The standard InChI is InChI=1S/C12H10O4S.C2H4O/c13-9-1-5-11(6-2-9)17(15,16)12-7-3-10(14)4-8-12;1-2-3-1/h1-8,13-14H;1-2H2. The zero-order chi connectivity index (χ0) is 14.6. The average Bonchev–Trinajstić information content (AvgIpc) is 3.28. The molecule has 1 fully saturated rings. The molecule has 1 saturated heterocycles. The van der Waals surface area contributed by atoms with Crippen molar-refractivity contribution >= 4 is 9.84 Å². The number of ether oxygens (including phenoxy) is 1. The fourth-order valence-electron chi connectivity index (χ4n) is 1.39. The van der Waals surface area contributed by atoms with Gasteiger partial charge in [-0.05, 0) is 48.5 Å². The van der Waals surface area contributed by atoms with Crippen LogP contribution in [0.2, 0.25) is 0 Å². The molecule has 3 rings (SSSR count). The SMILES string of the molecule is C1CO1.O=S(=O)(c1ccc(O)cc1)c1ccc(O)cc1. The second-order valence-electron chi connectivity index (χ2n) is 4.10. The summed E-state index contributed by atoms with van der Waals surface area (Å²) in [6, 6.07) is 10.6. The molecule has 1 aliphatic heterocycles. The Kier molecular flexibility index (Phi) is 4.26. The number of hydrogen-bond acceptors (Lipinski definition) is 5. The molecule has 5 nitrogen and oxygen atoms in total. The van der Waals surface area contributed by atoms with Gasteiger partial charge in [-0.3, -0.25) is 0 Å². The Balaban J connectivity index is 0.000000432. The first-order valence-corrected chi connectivity index (χ1v) is 7.39. The van der Waals surface area contributed by atoms with E-state index in [1.165, 1.54) is 48.5 Å². The Labute approximate surface area is 117 Å². The van der Waals surface area contributed by atoms with E-state index in [1.807, 2.05) is 0 Å². The number of phenols is 2. The number of aromatic hydroxyl groups is 2. The molecule has 2 aromatic carbocycles. The molecular weight excluding hydrogens is 280 g/mol. The van der Waals surface area contributed by atoms with E-state index >= 15 is 0 Å². The van der Waals surface area contributed by atoms with E-state index in [9.17, 15) is 8.42 Å². The molecule has 2 N–H and O–H groups in total. The number of hydrogen-bond donors (Lipinski definition) is 2. The Morgan fingerprint density at radius 2 is 1.05 bits per heavy atom. The second-order valence-corrected chi connectivity index (χ2v) is 6.05. The quantitative estimate of drug-likeness (QED) is 0.827. The molecule has 20 heavy (non-hydrogen) atoms. The molecule has 1 heterocycles. The maximum atomic E-state index is 12.1. The Morgan fingerprint density at radius 1 is 0.750 bits per heavy atom. The van der Waals surface area contributed by atoms with Crippen LogP contribution < -0.4 is 0 Å². The molecule has 0 bridgehead atoms. The highest BCUT2D eigenvalue weighted by molar-refractivity contribution is 7.91. The van der Waals surface area contributed by atoms with Crippen molar-refractivity contribution in [2.75, 3.05) is 13.2 Å². The first-order chi connectivity index (χ1) is 9.50. The predicted octanol–water partition coefficient (Wildman–Crippen LogP) is 1.95. The van der Waals surface area contributed by atoms with Gasteiger partial charge in [0.15, 0.2) is 0 Å². The summed E-state index contributed by atoms with van der Waals surface area (Å²) in [5.74, 6) is 0.0179. The van der Waals surface area contributed by atoms with Gasteiger partial charge in [0.05, 0.1) is 23.0 Å². The maximum Gasteiger partial charge on any atom is 0.206 e. The smallest absolute Gasteiger partial charge is 0.206 e. The van der Waals surface area contributed by atoms with Crippen molar-refractivity contribution in [1.29, 1.82) is 0 Å². The lowest BCUT2D eigenvalue weighted by atomic mass is 10.3. The second kappa shape index (κ2) is 5.94. The van der Waals surface area contributed by atoms with Crippen LogP contribution in [0, 0.1) is 0 Å². The molecule has 0 aliphatic carbocycles.